The van der Waals surface area contributed by atoms with Crippen LogP contribution in [0.1, 0.15) is 40.7 Å². The average Bonchev–Trinajstić information content (AvgIpc) is 3.15. The second-order valence-electron chi connectivity index (χ2n) is 6.56. The molecular weight excluding hydrogens is 336 g/mol. The lowest BCUT2D eigenvalue weighted by Gasteiger charge is -2.24. The summed E-state index contributed by atoms with van der Waals surface area (Å²) in [5.41, 5.74) is 2.04. The highest BCUT2D eigenvalue weighted by atomic mass is 16.5. The van der Waals surface area contributed by atoms with E-state index in [1.54, 1.807) is 36.1 Å². The molecule has 0 spiro atoms. The van der Waals surface area contributed by atoms with Crippen molar-refractivity contribution in [3.8, 4) is 5.75 Å². The van der Waals surface area contributed by atoms with E-state index in [-0.39, 0.29) is 18.6 Å². The molecular formula is C19H22N2O5. The van der Waals surface area contributed by atoms with Crippen LogP contribution in [0, 0.1) is 19.8 Å². The van der Waals surface area contributed by atoms with Crippen LogP contribution in [0.25, 0.3) is 0 Å². The fraction of sp³-hybridized carbons (Fsp3) is 0.421. The van der Waals surface area contributed by atoms with Crippen molar-refractivity contribution >= 4 is 11.9 Å². The Morgan fingerprint density at radius 2 is 2.08 bits per heavy atom. The molecule has 0 aliphatic carbocycles. The van der Waals surface area contributed by atoms with Gasteiger partial charge in [-0.3, -0.25) is 9.59 Å². The number of likely N-dealkylation sites (tertiary alicyclic amines) is 1. The van der Waals surface area contributed by atoms with Crippen molar-refractivity contribution in [1.29, 1.82) is 0 Å². The summed E-state index contributed by atoms with van der Waals surface area (Å²) in [4.78, 5) is 25.9. The SMILES string of the molecule is Cc1noc(C)c1COc1ccccc1C(=O)N1CCC(C(=O)O)C1C. The Labute approximate surface area is 151 Å². The molecule has 2 aromatic rings. The number of rotatable bonds is 5. The quantitative estimate of drug-likeness (QED) is 0.883. The molecule has 0 bridgehead atoms. The number of ether oxygens (including phenoxy) is 1. The minimum absolute atomic E-state index is 0.212. The molecule has 2 atom stereocenters. The molecule has 1 amide bonds. The highest BCUT2D eigenvalue weighted by molar-refractivity contribution is 5.97. The maximum atomic E-state index is 13.0. The van der Waals surface area contributed by atoms with Crippen LogP contribution < -0.4 is 4.74 Å². The van der Waals surface area contributed by atoms with Crippen LogP contribution in [0.4, 0.5) is 0 Å². The fourth-order valence-corrected chi connectivity index (χ4v) is 3.34. The van der Waals surface area contributed by atoms with E-state index in [2.05, 4.69) is 5.16 Å². The Morgan fingerprint density at radius 3 is 2.69 bits per heavy atom. The first-order valence-electron chi connectivity index (χ1n) is 8.57. The molecule has 0 radical (unpaired) electrons. The van der Waals surface area contributed by atoms with Crippen LogP contribution in [0.15, 0.2) is 28.8 Å². The van der Waals surface area contributed by atoms with Crippen molar-refractivity contribution < 1.29 is 24.0 Å². The lowest BCUT2D eigenvalue weighted by molar-refractivity contribution is -0.142. The topological polar surface area (TPSA) is 92.9 Å². The molecule has 26 heavy (non-hydrogen) atoms. The fourth-order valence-electron chi connectivity index (χ4n) is 3.34. The number of hydrogen-bond acceptors (Lipinski definition) is 5. The minimum Gasteiger partial charge on any atom is -0.488 e. The highest BCUT2D eigenvalue weighted by Gasteiger charge is 2.39. The first-order chi connectivity index (χ1) is 12.4. The van der Waals surface area contributed by atoms with E-state index in [4.69, 9.17) is 9.26 Å². The molecule has 138 valence electrons. The van der Waals surface area contributed by atoms with Gasteiger partial charge in [0.1, 0.15) is 18.1 Å². The Hall–Kier alpha value is -2.83. The van der Waals surface area contributed by atoms with Gasteiger partial charge >= 0.3 is 5.97 Å². The van der Waals surface area contributed by atoms with Crippen molar-refractivity contribution in [2.24, 2.45) is 5.92 Å². The summed E-state index contributed by atoms with van der Waals surface area (Å²) in [6.07, 6.45) is 0.463. The van der Waals surface area contributed by atoms with Gasteiger partial charge in [-0.2, -0.15) is 0 Å². The smallest absolute Gasteiger partial charge is 0.308 e. The molecule has 1 fully saturated rings. The largest absolute Gasteiger partial charge is 0.488 e. The van der Waals surface area contributed by atoms with Crippen molar-refractivity contribution in [2.75, 3.05) is 6.54 Å². The number of nitrogens with zero attached hydrogens (tertiary/aromatic N) is 2. The third-order valence-electron chi connectivity index (χ3n) is 5.00. The van der Waals surface area contributed by atoms with Gasteiger partial charge in [0.15, 0.2) is 0 Å². The molecule has 0 saturated carbocycles. The van der Waals surface area contributed by atoms with Gasteiger partial charge < -0.3 is 19.3 Å². The van der Waals surface area contributed by atoms with Crippen molar-refractivity contribution in [1.82, 2.24) is 10.1 Å². The zero-order chi connectivity index (χ0) is 18.8. The number of carboxylic acids is 1. The minimum atomic E-state index is -0.865. The molecule has 1 aliphatic rings. The summed E-state index contributed by atoms with van der Waals surface area (Å²) < 4.78 is 11.0. The molecule has 1 aromatic heterocycles. The summed E-state index contributed by atoms with van der Waals surface area (Å²) in [6.45, 7) is 6.10. The van der Waals surface area contributed by atoms with E-state index in [0.717, 1.165) is 11.3 Å². The predicted molar refractivity (Wildman–Crippen MR) is 93.0 cm³/mol. The molecule has 1 aromatic carbocycles. The number of para-hydroxylation sites is 1. The number of hydrogen-bond donors (Lipinski definition) is 1. The second-order valence-corrected chi connectivity index (χ2v) is 6.56. The molecule has 1 aliphatic heterocycles. The van der Waals surface area contributed by atoms with E-state index >= 15 is 0 Å². The van der Waals surface area contributed by atoms with Gasteiger partial charge in [0.25, 0.3) is 5.91 Å². The number of aromatic nitrogens is 1. The van der Waals surface area contributed by atoms with Gasteiger partial charge in [0.2, 0.25) is 0 Å². The van der Waals surface area contributed by atoms with E-state index in [9.17, 15) is 14.7 Å². The first kappa shape index (κ1) is 18.0. The Kier molecular flexibility index (Phi) is 4.97. The van der Waals surface area contributed by atoms with E-state index in [1.165, 1.54) is 0 Å². The number of aryl methyl sites for hydroxylation is 2. The number of amides is 1. The number of benzene rings is 1. The van der Waals surface area contributed by atoms with Gasteiger partial charge in [0.05, 0.1) is 22.7 Å². The summed E-state index contributed by atoms with van der Waals surface area (Å²) in [5.74, 6) is -0.465. The van der Waals surface area contributed by atoms with Crippen LogP contribution in [-0.4, -0.2) is 39.6 Å². The molecule has 2 unspecified atom stereocenters. The molecule has 1 saturated heterocycles. The maximum absolute atomic E-state index is 13.0. The third-order valence-corrected chi connectivity index (χ3v) is 5.00. The number of aliphatic carboxylic acids is 1. The molecule has 3 rings (SSSR count). The zero-order valence-corrected chi connectivity index (χ0v) is 15.1. The lowest BCUT2D eigenvalue weighted by atomic mass is 10.0. The predicted octanol–water partition coefficient (Wildman–Crippen LogP) is 2.81. The van der Waals surface area contributed by atoms with Crippen molar-refractivity contribution in [2.45, 2.75) is 39.8 Å². The Balaban J connectivity index is 1.79. The van der Waals surface area contributed by atoms with Crippen LogP contribution in [0.3, 0.4) is 0 Å². The highest BCUT2D eigenvalue weighted by Crippen LogP contribution is 2.29. The summed E-state index contributed by atoms with van der Waals surface area (Å²) >= 11 is 0. The molecule has 7 heteroatoms. The monoisotopic (exact) mass is 358 g/mol. The first-order valence-corrected chi connectivity index (χ1v) is 8.57. The standard InChI is InChI=1S/C19H22N2O5/c1-11-16(13(3)26-20-11)10-25-17-7-5-4-6-15(17)18(22)21-9-8-14(12(21)2)19(23)24/h4-7,12,14H,8-10H2,1-3H3,(H,23,24). The van der Waals surface area contributed by atoms with Crippen LogP contribution in [-0.2, 0) is 11.4 Å². The summed E-state index contributed by atoms with van der Waals surface area (Å²) in [7, 11) is 0. The molecule has 2 heterocycles. The van der Waals surface area contributed by atoms with Gasteiger partial charge in [-0.15, -0.1) is 0 Å². The Bertz CT molecular complexity index is 810. The average molecular weight is 358 g/mol. The van der Waals surface area contributed by atoms with Gasteiger partial charge in [0, 0.05) is 12.6 Å². The van der Waals surface area contributed by atoms with E-state index < -0.39 is 11.9 Å². The van der Waals surface area contributed by atoms with Crippen LogP contribution >= 0.6 is 0 Å². The number of carbonyl (C=O) groups excluding carboxylic acids is 1. The van der Waals surface area contributed by atoms with Gasteiger partial charge in [-0.1, -0.05) is 17.3 Å². The van der Waals surface area contributed by atoms with Crippen LogP contribution in [0.2, 0.25) is 0 Å². The van der Waals surface area contributed by atoms with E-state index in [0.29, 0.717) is 30.0 Å². The second kappa shape index (κ2) is 7.19. The van der Waals surface area contributed by atoms with Crippen molar-refractivity contribution in [3.05, 3.63) is 46.8 Å². The number of carboxylic acid groups (broad SMARTS) is 1. The lowest BCUT2D eigenvalue weighted by Crippen LogP contribution is -2.37. The third kappa shape index (κ3) is 3.29. The normalized spacial score (nSPS) is 19.6. The Morgan fingerprint density at radius 1 is 1.35 bits per heavy atom. The van der Waals surface area contributed by atoms with Crippen LogP contribution in [0.5, 0.6) is 5.75 Å². The van der Waals surface area contributed by atoms with Gasteiger partial charge in [-0.05, 0) is 39.3 Å². The van der Waals surface area contributed by atoms with E-state index in [1.807, 2.05) is 13.8 Å². The summed E-state index contributed by atoms with van der Waals surface area (Å²) in [5, 5.41) is 13.2. The van der Waals surface area contributed by atoms with Gasteiger partial charge in [-0.25, -0.2) is 0 Å². The maximum Gasteiger partial charge on any atom is 0.308 e. The summed E-state index contributed by atoms with van der Waals surface area (Å²) in [6, 6.07) is 6.65. The number of carbonyl (C=O) groups is 2. The molecule has 1 N–H and O–H groups in total. The van der Waals surface area contributed by atoms with Crippen molar-refractivity contribution in [3.63, 3.8) is 0 Å². The molecule has 7 nitrogen and oxygen atoms in total. The zero-order valence-electron chi connectivity index (χ0n) is 15.1.